The zero-order valence-corrected chi connectivity index (χ0v) is 15.5. The predicted octanol–water partition coefficient (Wildman–Crippen LogP) is 2.81. The van der Waals surface area contributed by atoms with Crippen LogP contribution in [0.25, 0.3) is 10.4 Å². The summed E-state index contributed by atoms with van der Waals surface area (Å²) in [5, 5.41) is 6.09. The van der Waals surface area contributed by atoms with Gasteiger partial charge in [0.25, 0.3) is 5.91 Å². The average Bonchev–Trinajstić information content (AvgIpc) is 3.03. The molecule has 0 bridgehead atoms. The molecular weight excluding hydrogens is 348 g/mol. The van der Waals surface area contributed by atoms with Gasteiger partial charge in [0.2, 0.25) is 0 Å². The molecule has 0 saturated heterocycles. The van der Waals surface area contributed by atoms with E-state index in [0.29, 0.717) is 30.3 Å². The minimum absolute atomic E-state index is 0. The first-order valence-electron chi connectivity index (χ1n) is 7.47. The number of carbonyl (C=O) groups excluding carboxylic acids is 1. The van der Waals surface area contributed by atoms with Crippen LogP contribution in [0.4, 0.5) is 0 Å². The van der Waals surface area contributed by atoms with E-state index < -0.39 is 0 Å². The zero-order chi connectivity index (χ0) is 16.5. The van der Waals surface area contributed by atoms with Gasteiger partial charge in [-0.15, -0.1) is 23.7 Å². The van der Waals surface area contributed by atoms with E-state index in [-0.39, 0.29) is 18.3 Å². The lowest BCUT2D eigenvalue weighted by atomic mass is 10.2. The van der Waals surface area contributed by atoms with E-state index in [2.05, 4.69) is 10.6 Å². The third-order valence-electron chi connectivity index (χ3n) is 3.25. The molecule has 0 spiro atoms. The molecule has 0 saturated carbocycles. The Kier molecular flexibility index (Phi) is 9.41. The fourth-order valence-corrected chi connectivity index (χ4v) is 3.12. The number of thiophene rings is 1. The van der Waals surface area contributed by atoms with Gasteiger partial charge in [0.15, 0.2) is 0 Å². The number of halogens is 1. The third kappa shape index (κ3) is 5.79. The minimum Gasteiger partial charge on any atom is -0.495 e. The Bertz CT molecular complexity index is 620. The number of rotatable bonds is 9. The number of benzene rings is 1. The molecule has 2 aromatic rings. The highest BCUT2D eigenvalue weighted by molar-refractivity contribution is 7.17. The van der Waals surface area contributed by atoms with Crippen LogP contribution in [0.5, 0.6) is 5.75 Å². The Balaban J connectivity index is 0.00000288. The van der Waals surface area contributed by atoms with Crippen molar-refractivity contribution in [1.29, 1.82) is 0 Å². The van der Waals surface area contributed by atoms with Gasteiger partial charge < -0.3 is 20.1 Å². The van der Waals surface area contributed by atoms with Crippen LogP contribution in [0.15, 0.2) is 36.4 Å². The standard InChI is InChI=1S/C17H22N2O3S.ClH/c1-21-11-10-18-8-9-19-17(20)16-14(22-2)12-15(23-16)13-6-4-3-5-7-13;/h3-7,12,18H,8-11H2,1-2H3,(H,19,20);1H. The number of hydrogen-bond donors (Lipinski definition) is 2. The lowest BCUT2D eigenvalue weighted by molar-refractivity contribution is 0.0955. The molecule has 2 N–H and O–H groups in total. The summed E-state index contributed by atoms with van der Waals surface area (Å²) in [5.41, 5.74) is 1.08. The summed E-state index contributed by atoms with van der Waals surface area (Å²) in [4.78, 5) is 13.9. The van der Waals surface area contributed by atoms with Gasteiger partial charge in [0.1, 0.15) is 10.6 Å². The fraction of sp³-hybridized carbons (Fsp3) is 0.353. The van der Waals surface area contributed by atoms with Crippen molar-refractivity contribution >= 4 is 29.7 Å². The summed E-state index contributed by atoms with van der Waals surface area (Å²) in [5.74, 6) is 0.501. The molecule has 132 valence electrons. The van der Waals surface area contributed by atoms with Gasteiger partial charge in [-0.3, -0.25) is 4.79 Å². The van der Waals surface area contributed by atoms with Crippen LogP contribution in [0.3, 0.4) is 0 Å². The first-order chi connectivity index (χ1) is 11.3. The number of carbonyl (C=O) groups is 1. The highest BCUT2D eigenvalue weighted by Crippen LogP contribution is 2.35. The maximum atomic E-state index is 12.3. The van der Waals surface area contributed by atoms with Crippen LogP contribution in [0, 0.1) is 0 Å². The molecule has 0 unspecified atom stereocenters. The molecule has 5 nitrogen and oxygen atoms in total. The van der Waals surface area contributed by atoms with Crippen molar-refractivity contribution in [1.82, 2.24) is 10.6 Å². The minimum atomic E-state index is -0.109. The lowest BCUT2D eigenvalue weighted by Crippen LogP contribution is -2.32. The predicted molar refractivity (Wildman–Crippen MR) is 101 cm³/mol. The second-order valence-corrected chi connectivity index (χ2v) is 5.93. The quantitative estimate of drug-likeness (QED) is 0.666. The van der Waals surface area contributed by atoms with E-state index in [1.807, 2.05) is 36.4 Å². The topological polar surface area (TPSA) is 59.6 Å². The van der Waals surface area contributed by atoms with Crippen molar-refractivity contribution in [2.75, 3.05) is 40.5 Å². The average molecular weight is 371 g/mol. The monoisotopic (exact) mass is 370 g/mol. The molecule has 0 atom stereocenters. The molecule has 24 heavy (non-hydrogen) atoms. The fourth-order valence-electron chi connectivity index (χ4n) is 2.07. The Labute approximate surface area is 152 Å². The third-order valence-corrected chi connectivity index (χ3v) is 4.42. The summed E-state index contributed by atoms with van der Waals surface area (Å²) < 4.78 is 10.3. The molecule has 1 aromatic heterocycles. The van der Waals surface area contributed by atoms with Crippen LogP contribution in [-0.4, -0.2) is 46.4 Å². The van der Waals surface area contributed by atoms with E-state index in [9.17, 15) is 4.79 Å². The molecule has 0 aliphatic rings. The van der Waals surface area contributed by atoms with E-state index in [0.717, 1.165) is 17.0 Å². The Hall–Kier alpha value is -1.60. The van der Waals surface area contributed by atoms with Crippen molar-refractivity contribution in [3.63, 3.8) is 0 Å². The van der Waals surface area contributed by atoms with Gasteiger partial charge in [0, 0.05) is 31.6 Å². The van der Waals surface area contributed by atoms with Crippen LogP contribution in [0.2, 0.25) is 0 Å². The van der Waals surface area contributed by atoms with Gasteiger partial charge >= 0.3 is 0 Å². The maximum Gasteiger partial charge on any atom is 0.265 e. The summed E-state index contributed by atoms with van der Waals surface area (Å²) in [6.07, 6.45) is 0. The second-order valence-electron chi connectivity index (χ2n) is 4.87. The van der Waals surface area contributed by atoms with Crippen molar-refractivity contribution in [2.45, 2.75) is 0 Å². The number of amides is 1. The van der Waals surface area contributed by atoms with Gasteiger partial charge in [-0.1, -0.05) is 30.3 Å². The molecule has 0 aliphatic heterocycles. The molecular formula is C17H23ClN2O3S. The lowest BCUT2D eigenvalue weighted by Gasteiger charge is -2.06. The smallest absolute Gasteiger partial charge is 0.265 e. The van der Waals surface area contributed by atoms with Gasteiger partial charge in [-0.05, 0) is 11.6 Å². The van der Waals surface area contributed by atoms with Gasteiger partial charge in [0.05, 0.1) is 13.7 Å². The summed E-state index contributed by atoms with van der Waals surface area (Å²) in [6.45, 7) is 2.69. The normalized spacial score (nSPS) is 10.1. The first-order valence-corrected chi connectivity index (χ1v) is 8.29. The molecule has 0 radical (unpaired) electrons. The highest BCUT2D eigenvalue weighted by atomic mass is 35.5. The van der Waals surface area contributed by atoms with Crippen LogP contribution in [0.1, 0.15) is 9.67 Å². The van der Waals surface area contributed by atoms with E-state index in [4.69, 9.17) is 9.47 Å². The maximum absolute atomic E-state index is 12.3. The molecule has 0 aliphatic carbocycles. The second kappa shape index (κ2) is 11.0. The summed E-state index contributed by atoms with van der Waals surface area (Å²) in [6, 6.07) is 11.9. The Morgan fingerprint density at radius 3 is 2.54 bits per heavy atom. The summed E-state index contributed by atoms with van der Waals surface area (Å²) >= 11 is 1.44. The number of nitrogens with one attached hydrogen (secondary N) is 2. The summed E-state index contributed by atoms with van der Waals surface area (Å²) in [7, 11) is 3.25. The molecule has 7 heteroatoms. The van der Waals surface area contributed by atoms with Crippen LogP contribution >= 0.6 is 23.7 Å². The molecule has 1 heterocycles. The SMILES string of the molecule is COCCNCCNC(=O)c1sc(-c2ccccc2)cc1OC.Cl. The van der Waals surface area contributed by atoms with Crippen LogP contribution in [-0.2, 0) is 4.74 Å². The van der Waals surface area contributed by atoms with E-state index >= 15 is 0 Å². The number of hydrogen-bond acceptors (Lipinski definition) is 5. The van der Waals surface area contributed by atoms with Crippen molar-refractivity contribution < 1.29 is 14.3 Å². The van der Waals surface area contributed by atoms with Gasteiger partial charge in [-0.25, -0.2) is 0 Å². The van der Waals surface area contributed by atoms with Crippen molar-refractivity contribution in [2.24, 2.45) is 0 Å². The van der Waals surface area contributed by atoms with Gasteiger partial charge in [-0.2, -0.15) is 0 Å². The largest absolute Gasteiger partial charge is 0.495 e. The van der Waals surface area contributed by atoms with E-state index in [1.165, 1.54) is 11.3 Å². The number of methoxy groups -OCH3 is 2. The Morgan fingerprint density at radius 2 is 1.88 bits per heavy atom. The van der Waals surface area contributed by atoms with Crippen molar-refractivity contribution in [3.8, 4) is 16.2 Å². The highest BCUT2D eigenvalue weighted by Gasteiger charge is 2.17. The van der Waals surface area contributed by atoms with Crippen molar-refractivity contribution in [3.05, 3.63) is 41.3 Å². The van der Waals surface area contributed by atoms with E-state index in [1.54, 1.807) is 14.2 Å². The molecule has 1 amide bonds. The molecule has 1 aromatic carbocycles. The number of ether oxygens (including phenoxy) is 2. The molecule has 2 rings (SSSR count). The Morgan fingerprint density at radius 1 is 1.12 bits per heavy atom. The zero-order valence-electron chi connectivity index (χ0n) is 13.8. The van der Waals surface area contributed by atoms with Crippen LogP contribution < -0.4 is 15.4 Å². The first kappa shape index (κ1) is 20.4. The molecule has 0 fully saturated rings.